The van der Waals surface area contributed by atoms with Crippen molar-refractivity contribution < 1.29 is 33.0 Å². The molecule has 8 rings (SSSR count). The summed E-state index contributed by atoms with van der Waals surface area (Å²) >= 11 is 0. The number of carbonyl (C=O) groups is 4. The molecule has 2 saturated heterocycles. The van der Waals surface area contributed by atoms with E-state index in [1.54, 1.807) is 17.2 Å². The summed E-state index contributed by atoms with van der Waals surface area (Å²) in [5.41, 5.74) is 4.57. The third-order valence-corrected chi connectivity index (χ3v) is 12.3. The molecule has 4 atom stereocenters. The maximum atomic E-state index is 16.0. The number of amides is 4. The van der Waals surface area contributed by atoms with E-state index in [9.17, 15) is 19.2 Å². The van der Waals surface area contributed by atoms with Gasteiger partial charge in [0.05, 0.1) is 49.2 Å². The minimum Gasteiger partial charge on any atom is -0.453 e. The summed E-state index contributed by atoms with van der Waals surface area (Å²) in [5.74, 6) is 0.329. The van der Waals surface area contributed by atoms with Gasteiger partial charge in [0, 0.05) is 24.0 Å². The Hall–Kier alpha value is -5.99. The Morgan fingerprint density at radius 2 is 1.49 bits per heavy atom. The van der Waals surface area contributed by atoms with Crippen LogP contribution in [0.2, 0.25) is 0 Å². The molecular weight excluding hydrogens is 756 g/mol. The second kappa shape index (κ2) is 15.6. The molecule has 2 aliphatic heterocycles. The van der Waals surface area contributed by atoms with Gasteiger partial charge in [0.1, 0.15) is 29.5 Å². The van der Waals surface area contributed by atoms with Gasteiger partial charge < -0.3 is 39.9 Å². The largest absolute Gasteiger partial charge is 0.453 e. The molecule has 1 saturated carbocycles. The Bertz CT molecular complexity index is 2440. The second-order valence-electron chi connectivity index (χ2n) is 17.0. The van der Waals surface area contributed by atoms with Crippen LogP contribution >= 0.6 is 0 Å². The summed E-state index contributed by atoms with van der Waals surface area (Å²) in [7, 11) is 2.56. The van der Waals surface area contributed by atoms with Gasteiger partial charge in [-0.15, -0.1) is 0 Å². The molecule has 3 aliphatic rings. The number of hydrogen-bond acceptors (Lipinski definition) is 8. The van der Waals surface area contributed by atoms with Gasteiger partial charge in [-0.05, 0) is 96.2 Å². The molecule has 0 bridgehead atoms. The lowest BCUT2D eigenvalue weighted by atomic mass is 9.98. The van der Waals surface area contributed by atoms with Crippen LogP contribution in [0.25, 0.3) is 44.2 Å². The fraction of sp³-hybridized carbons (Fsp3) is 0.455. The third kappa shape index (κ3) is 7.70. The van der Waals surface area contributed by atoms with E-state index < -0.39 is 24.3 Å². The van der Waals surface area contributed by atoms with Crippen molar-refractivity contribution >= 4 is 45.8 Å². The highest BCUT2D eigenvalue weighted by atomic mass is 19.1. The first kappa shape index (κ1) is 39.8. The molecule has 1 spiro atoms. The molecule has 15 heteroatoms. The normalized spacial score (nSPS) is 19.5. The van der Waals surface area contributed by atoms with E-state index in [0.29, 0.717) is 41.4 Å². The number of nitrogens with one attached hydrogen (secondary N) is 4. The van der Waals surface area contributed by atoms with Crippen LogP contribution in [0, 0.1) is 23.1 Å². The number of nitrogens with zero attached hydrogens (tertiary/aromatic N) is 4. The third-order valence-electron chi connectivity index (χ3n) is 12.3. The highest BCUT2D eigenvalue weighted by Crippen LogP contribution is 2.58. The molecule has 0 unspecified atom stereocenters. The van der Waals surface area contributed by atoms with E-state index in [0.717, 1.165) is 59.7 Å². The number of benzene rings is 3. The number of methoxy groups -OCH3 is 2. The standard InChI is InChI=1S/C44H51FN8O6/c1-23(2)36(50-42(56)58-5)40(54)52-15-7-8-34(52)38-46-21-33(49-38)27-10-9-26-16-28(18-30(45)29(26)17-27)25-11-12-31-32(19-25)48-39(47-31)35-20-44(13-14-44)22-53(35)41(55)37(24(3)4)51-43(57)59-6/h9-12,16-19,21,23-24,34-37H,7-8,13-15,20,22H2,1-6H3,(H,46,49)(H,47,48)(H,50,56)(H,51,57)/t34-,35-,36-,37+/m0/s1. The smallest absolute Gasteiger partial charge is 0.407 e. The van der Waals surface area contributed by atoms with E-state index in [1.165, 1.54) is 20.3 Å². The first-order valence-corrected chi connectivity index (χ1v) is 20.4. The molecule has 59 heavy (non-hydrogen) atoms. The zero-order chi connectivity index (χ0) is 41.7. The number of aromatic amines is 2. The van der Waals surface area contributed by atoms with Crippen LogP contribution in [0.3, 0.4) is 0 Å². The van der Waals surface area contributed by atoms with Crippen molar-refractivity contribution in [1.82, 2.24) is 40.4 Å². The lowest BCUT2D eigenvalue weighted by molar-refractivity contribution is -0.136. The molecule has 14 nitrogen and oxygen atoms in total. The lowest BCUT2D eigenvalue weighted by Gasteiger charge is -2.30. The number of fused-ring (bicyclic) bond motifs is 2. The first-order valence-electron chi connectivity index (χ1n) is 20.4. The van der Waals surface area contributed by atoms with Crippen LogP contribution < -0.4 is 10.6 Å². The molecule has 4 heterocycles. The minimum absolute atomic E-state index is 0.0694. The fourth-order valence-electron chi connectivity index (χ4n) is 8.81. The van der Waals surface area contributed by atoms with Crippen LogP contribution in [-0.2, 0) is 19.1 Å². The van der Waals surface area contributed by atoms with Gasteiger partial charge in [-0.1, -0.05) is 45.9 Å². The predicted molar refractivity (Wildman–Crippen MR) is 219 cm³/mol. The number of imidazole rings is 2. The van der Waals surface area contributed by atoms with E-state index >= 15 is 4.39 Å². The van der Waals surface area contributed by atoms with E-state index in [-0.39, 0.29) is 47.0 Å². The Morgan fingerprint density at radius 1 is 0.814 bits per heavy atom. The average Bonchev–Trinajstić information content (AvgIpc) is 3.71. The average molecular weight is 807 g/mol. The predicted octanol–water partition coefficient (Wildman–Crippen LogP) is 7.39. The Labute approximate surface area is 341 Å². The van der Waals surface area contributed by atoms with Gasteiger partial charge in [0.25, 0.3) is 0 Å². The number of hydrogen-bond donors (Lipinski definition) is 4. The van der Waals surface area contributed by atoms with Gasteiger partial charge in [0.15, 0.2) is 0 Å². The summed E-state index contributed by atoms with van der Waals surface area (Å²) in [6.07, 6.45) is 4.81. The van der Waals surface area contributed by atoms with E-state index in [2.05, 4.69) is 25.6 Å². The van der Waals surface area contributed by atoms with Crippen molar-refractivity contribution in [1.29, 1.82) is 0 Å². The number of ether oxygens (including phenoxy) is 2. The van der Waals surface area contributed by atoms with Gasteiger partial charge in [-0.3, -0.25) is 9.59 Å². The van der Waals surface area contributed by atoms with Crippen LogP contribution in [-0.4, -0.2) is 93.1 Å². The Kier molecular flexibility index (Phi) is 10.6. The monoisotopic (exact) mass is 806 g/mol. The summed E-state index contributed by atoms with van der Waals surface area (Å²) in [6, 6.07) is 12.9. The zero-order valence-corrected chi connectivity index (χ0v) is 34.2. The van der Waals surface area contributed by atoms with E-state index in [4.69, 9.17) is 14.5 Å². The number of alkyl carbamates (subject to hydrolysis) is 2. The number of carbonyl (C=O) groups excluding carboxylic acids is 4. The molecule has 4 N–H and O–H groups in total. The summed E-state index contributed by atoms with van der Waals surface area (Å²) in [4.78, 5) is 71.7. The van der Waals surface area contributed by atoms with Crippen molar-refractivity contribution in [2.45, 2.75) is 84.0 Å². The highest BCUT2D eigenvalue weighted by Gasteiger charge is 2.55. The van der Waals surface area contributed by atoms with Crippen molar-refractivity contribution in [3.63, 3.8) is 0 Å². The fourth-order valence-corrected chi connectivity index (χ4v) is 8.81. The first-order chi connectivity index (χ1) is 28.3. The van der Waals surface area contributed by atoms with E-state index in [1.807, 2.05) is 69.0 Å². The molecule has 1 aliphatic carbocycles. The molecule has 3 fully saturated rings. The van der Waals surface area contributed by atoms with Crippen molar-refractivity contribution in [3.05, 3.63) is 72.2 Å². The number of likely N-dealkylation sites (tertiary alicyclic amines) is 2. The summed E-state index contributed by atoms with van der Waals surface area (Å²) in [6.45, 7) is 8.71. The topological polar surface area (TPSA) is 175 Å². The Balaban J connectivity index is 1.02. The van der Waals surface area contributed by atoms with Crippen LogP contribution in [0.15, 0.2) is 54.7 Å². The van der Waals surface area contributed by atoms with Gasteiger partial charge in [-0.2, -0.15) is 0 Å². The molecular formula is C44H51FN8O6. The summed E-state index contributed by atoms with van der Waals surface area (Å²) < 4.78 is 25.6. The van der Waals surface area contributed by atoms with Crippen LogP contribution in [0.1, 0.15) is 83.5 Å². The number of rotatable bonds is 10. The quantitative estimate of drug-likeness (QED) is 0.113. The van der Waals surface area contributed by atoms with Crippen molar-refractivity contribution in [3.8, 4) is 22.4 Å². The summed E-state index contributed by atoms with van der Waals surface area (Å²) in [5, 5.41) is 6.59. The van der Waals surface area contributed by atoms with Crippen LogP contribution in [0.5, 0.6) is 0 Å². The highest BCUT2D eigenvalue weighted by molar-refractivity contribution is 5.93. The van der Waals surface area contributed by atoms with Crippen molar-refractivity contribution in [2.75, 3.05) is 27.3 Å². The van der Waals surface area contributed by atoms with Gasteiger partial charge in [-0.25, -0.2) is 23.9 Å². The minimum atomic E-state index is -0.735. The molecule has 4 amide bonds. The maximum absolute atomic E-state index is 16.0. The van der Waals surface area contributed by atoms with Crippen molar-refractivity contribution in [2.24, 2.45) is 17.3 Å². The molecule has 0 radical (unpaired) electrons. The number of aromatic nitrogens is 4. The second-order valence-corrected chi connectivity index (χ2v) is 17.0. The SMILES string of the molecule is COC(=O)N[C@H](C(=O)N1CCC[C@H]1c1ncc(-c2ccc3cc(-c4ccc5nc([C@@H]6CC7(CC7)CN6C(=O)[C@H](NC(=O)OC)C(C)C)[nH]c5c4)cc(F)c3c2)[nH]1)C(C)C. The van der Waals surface area contributed by atoms with Crippen LogP contribution in [0.4, 0.5) is 14.0 Å². The Morgan fingerprint density at radius 3 is 2.15 bits per heavy atom. The maximum Gasteiger partial charge on any atom is 0.407 e. The zero-order valence-electron chi connectivity index (χ0n) is 34.2. The molecule has 3 aromatic carbocycles. The number of halogens is 1. The number of H-pyrrole nitrogens is 2. The molecule has 5 aromatic rings. The van der Waals surface area contributed by atoms with Gasteiger partial charge in [0.2, 0.25) is 11.8 Å². The lowest BCUT2D eigenvalue weighted by Crippen LogP contribution is -2.51. The molecule has 2 aromatic heterocycles. The van der Waals surface area contributed by atoms with Gasteiger partial charge >= 0.3 is 12.2 Å². The molecule has 310 valence electrons.